The van der Waals surface area contributed by atoms with Crippen molar-refractivity contribution < 1.29 is 19.1 Å². The third kappa shape index (κ3) is 5.53. The average Bonchev–Trinajstić information content (AvgIpc) is 2.41. The maximum atomic E-state index is 12.2. The van der Waals surface area contributed by atoms with Crippen LogP contribution in [0.3, 0.4) is 0 Å². The van der Waals surface area contributed by atoms with Crippen molar-refractivity contribution in [2.75, 3.05) is 6.61 Å². The number of carbonyl (C=O) groups is 2. The molecule has 0 bridgehead atoms. The molecule has 0 saturated heterocycles. The van der Waals surface area contributed by atoms with E-state index in [0.29, 0.717) is 5.69 Å². The molecule has 1 aromatic rings. The lowest BCUT2D eigenvalue weighted by Gasteiger charge is -2.22. The summed E-state index contributed by atoms with van der Waals surface area (Å²) < 4.78 is 10.5. The van der Waals surface area contributed by atoms with Crippen LogP contribution >= 0.6 is 0 Å². The molecule has 0 saturated carbocycles. The number of esters is 2. The minimum Gasteiger partial charge on any atom is -0.462 e. The summed E-state index contributed by atoms with van der Waals surface area (Å²) in [6.45, 7) is 9.32. The van der Waals surface area contributed by atoms with Gasteiger partial charge in [0.25, 0.3) is 0 Å². The Labute approximate surface area is 125 Å². The molecule has 5 nitrogen and oxygen atoms in total. The average molecular weight is 293 g/mol. The van der Waals surface area contributed by atoms with Gasteiger partial charge in [-0.05, 0) is 38.8 Å². The molecule has 5 heteroatoms. The lowest BCUT2D eigenvalue weighted by atomic mass is 9.97. The summed E-state index contributed by atoms with van der Waals surface area (Å²) in [5.41, 5.74) is -0.338. The summed E-state index contributed by atoms with van der Waals surface area (Å²) in [6.07, 6.45) is 0.417. The van der Waals surface area contributed by atoms with Crippen LogP contribution in [0.2, 0.25) is 0 Å². The van der Waals surface area contributed by atoms with Crippen LogP contribution in [0.5, 0.6) is 0 Å². The zero-order valence-corrected chi connectivity index (χ0v) is 13.3. The van der Waals surface area contributed by atoms with Crippen LogP contribution in [0.15, 0.2) is 24.4 Å². The van der Waals surface area contributed by atoms with E-state index in [2.05, 4.69) is 4.98 Å². The number of ether oxygens (including phenoxy) is 2. The smallest absolute Gasteiger partial charge is 0.353 e. The Kier molecular flexibility index (Phi) is 5.88. The van der Waals surface area contributed by atoms with Gasteiger partial charge in [-0.3, -0.25) is 9.78 Å². The minimum absolute atomic E-state index is 0.205. The summed E-state index contributed by atoms with van der Waals surface area (Å²) in [5, 5.41) is 0. The van der Waals surface area contributed by atoms with Crippen molar-refractivity contribution in [3.8, 4) is 0 Å². The molecule has 1 rings (SSSR count). The van der Waals surface area contributed by atoms with Crippen LogP contribution < -0.4 is 0 Å². The van der Waals surface area contributed by atoms with E-state index in [9.17, 15) is 9.59 Å². The standard InChI is InChI=1S/C16H23NO4/c1-11(2)10-20-14(18)13(12-8-6-7-9-17-12)21-15(19)16(3,4)5/h6-9,11,13H,10H2,1-5H3. The molecule has 0 amide bonds. The van der Waals surface area contributed by atoms with Crippen molar-refractivity contribution in [2.24, 2.45) is 11.3 Å². The molecule has 0 radical (unpaired) electrons. The molecule has 1 heterocycles. The Hall–Kier alpha value is -1.91. The van der Waals surface area contributed by atoms with Gasteiger partial charge < -0.3 is 9.47 Å². The molecule has 0 fully saturated rings. The van der Waals surface area contributed by atoms with Crippen molar-refractivity contribution in [3.63, 3.8) is 0 Å². The van der Waals surface area contributed by atoms with E-state index in [4.69, 9.17) is 9.47 Å². The third-order valence-electron chi connectivity index (χ3n) is 2.57. The first-order valence-electron chi connectivity index (χ1n) is 7.00. The third-order valence-corrected chi connectivity index (χ3v) is 2.57. The van der Waals surface area contributed by atoms with Gasteiger partial charge in [0.05, 0.1) is 17.7 Å². The second-order valence-corrected chi connectivity index (χ2v) is 6.31. The van der Waals surface area contributed by atoms with E-state index in [0.717, 1.165) is 0 Å². The predicted molar refractivity (Wildman–Crippen MR) is 78.3 cm³/mol. The number of carbonyl (C=O) groups excluding carboxylic acids is 2. The highest BCUT2D eigenvalue weighted by Gasteiger charge is 2.32. The topological polar surface area (TPSA) is 65.5 Å². The van der Waals surface area contributed by atoms with Gasteiger partial charge >= 0.3 is 11.9 Å². The SMILES string of the molecule is CC(C)COC(=O)C(OC(=O)C(C)(C)C)c1ccccn1. The summed E-state index contributed by atoms with van der Waals surface area (Å²) >= 11 is 0. The van der Waals surface area contributed by atoms with Gasteiger partial charge in [-0.25, -0.2) is 4.79 Å². The number of hydrogen-bond acceptors (Lipinski definition) is 5. The van der Waals surface area contributed by atoms with Crippen molar-refractivity contribution in [2.45, 2.75) is 40.7 Å². The molecule has 0 N–H and O–H groups in total. The number of nitrogens with zero attached hydrogens (tertiary/aromatic N) is 1. The quantitative estimate of drug-likeness (QED) is 0.781. The second kappa shape index (κ2) is 7.20. The van der Waals surface area contributed by atoms with Gasteiger partial charge in [-0.15, -0.1) is 0 Å². The second-order valence-electron chi connectivity index (χ2n) is 6.31. The Morgan fingerprint density at radius 3 is 2.38 bits per heavy atom. The fourth-order valence-corrected chi connectivity index (χ4v) is 1.37. The number of rotatable bonds is 5. The maximum absolute atomic E-state index is 12.2. The van der Waals surface area contributed by atoms with Crippen molar-refractivity contribution in [3.05, 3.63) is 30.1 Å². The molecule has 0 aliphatic heterocycles. The van der Waals surface area contributed by atoms with E-state index in [1.165, 1.54) is 0 Å². The summed E-state index contributed by atoms with van der Waals surface area (Å²) in [6, 6.07) is 5.10. The predicted octanol–water partition coefficient (Wildman–Crippen LogP) is 2.91. The van der Waals surface area contributed by atoms with E-state index >= 15 is 0 Å². The summed E-state index contributed by atoms with van der Waals surface area (Å²) in [4.78, 5) is 28.3. The largest absolute Gasteiger partial charge is 0.462 e. The molecule has 0 aliphatic carbocycles. The number of hydrogen-bond donors (Lipinski definition) is 0. The normalized spacial score (nSPS) is 12.9. The van der Waals surface area contributed by atoms with E-state index in [-0.39, 0.29) is 12.5 Å². The van der Waals surface area contributed by atoms with Gasteiger partial charge in [-0.1, -0.05) is 19.9 Å². The molecule has 21 heavy (non-hydrogen) atoms. The Morgan fingerprint density at radius 1 is 1.24 bits per heavy atom. The van der Waals surface area contributed by atoms with Crippen molar-refractivity contribution in [1.29, 1.82) is 0 Å². The molecule has 1 atom stereocenters. The first kappa shape index (κ1) is 17.1. The minimum atomic E-state index is -1.13. The Morgan fingerprint density at radius 2 is 1.90 bits per heavy atom. The maximum Gasteiger partial charge on any atom is 0.353 e. The van der Waals surface area contributed by atoms with Crippen LogP contribution in [0.25, 0.3) is 0 Å². The lowest BCUT2D eigenvalue weighted by Crippen LogP contribution is -2.30. The molecule has 116 valence electrons. The van der Waals surface area contributed by atoms with Gasteiger partial charge in [0.1, 0.15) is 0 Å². The first-order chi connectivity index (χ1) is 9.71. The highest BCUT2D eigenvalue weighted by atomic mass is 16.6. The van der Waals surface area contributed by atoms with Gasteiger partial charge in [0.2, 0.25) is 6.10 Å². The first-order valence-corrected chi connectivity index (χ1v) is 7.00. The van der Waals surface area contributed by atoms with Gasteiger partial charge in [0.15, 0.2) is 0 Å². The van der Waals surface area contributed by atoms with Crippen molar-refractivity contribution >= 4 is 11.9 Å². The molecule has 0 aromatic carbocycles. The zero-order valence-electron chi connectivity index (χ0n) is 13.3. The molecular weight excluding hydrogens is 270 g/mol. The molecule has 1 aromatic heterocycles. The molecule has 0 aliphatic rings. The van der Waals surface area contributed by atoms with Crippen LogP contribution in [0.1, 0.15) is 46.4 Å². The number of aromatic nitrogens is 1. The van der Waals surface area contributed by atoms with E-state index < -0.39 is 23.5 Å². The fraction of sp³-hybridized carbons (Fsp3) is 0.562. The van der Waals surface area contributed by atoms with E-state index in [1.54, 1.807) is 45.2 Å². The summed E-state index contributed by atoms with van der Waals surface area (Å²) in [7, 11) is 0. The number of pyridine rings is 1. The highest BCUT2D eigenvalue weighted by molar-refractivity contribution is 5.82. The van der Waals surface area contributed by atoms with E-state index in [1.807, 2.05) is 13.8 Å². The Bertz CT molecular complexity index is 477. The van der Waals surface area contributed by atoms with Crippen LogP contribution in [0.4, 0.5) is 0 Å². The fourth-order valence-electron chi connectivity index (χ4n) is 1.37. The highest BCUT2D eigenvalue weighted by Crippen LogP contribution is 2.23. The van der Waals surface area contributed by atoms with Crippen LogP contribution in [-0.4, -0.2) is 23.5 Å². The molecule has 1 unspecified atom stereocenters. The monoisotopic (exact) mass is 293 g/mol. The van der Waals surface area contributed by atoms with Crippen LogP contribution in [-0.2, 0) is 19.1 Å². The van der Waals surface area contributed by atoms with Gasteiger partial charge in [0, 0.05) is 6.20 Å². The van der Waals surface area contributed by atoms with Crippen LogP contribution in [0, 0.1) is 11.3 Å². The zero-order chi connectivity index (χ0) is 16.0. The molecule has 0 spiro atoms. The van der Waals surface area contributed by atoms with Crippen molar-refractivity contribution in [1.82, 2.24) is 4.98 Å². The summed E-state index contributed by atoms with van der Waals surface area (Å²) in [5.74, 6) is -0.865. The van der Waals surface area contributed by atoms with Gasteiger partial charge in [-0.2, -0.15) is 0 Å². The lowest BCUT2D eigenvalue weighted by molar-refractivity contribution is -0.174. The Balaban J connectivity index is 2.91. The molecular formula is C16H23NO4.